The number of carbonyl (C=O) groups excluding carboxylic acids is 1. The Morgan fingerprint density at radius 2 is 2.08 bits per heavy atom. The van der Waals surface area contributed by atoms with Crippen LogP contribution < -0.4 is 0 Å². The fourth-order valence-electron chi connectivity index (χ4n) is 3.53. The monoisotopic (exact) mass is 345 g/mol. The van der Waals surface area contributed by atoms with Gasteiger partial charge in [-0.3, -0.25) is 4.79 Å². The van der Waals surface area contributed by atoms with E-state index in [-0.39, 0.29) is 23.7 Å². The summed E-state index contributed by atoms with van der Waals surface area (Å²) in [6, 6.07) is 6.35. The number of hydrogen-bond acceptors (Lipinski definition) is 3. The van der Waals surface area contributed by atoms with Crippen LogP contribution in [0.1, 0.15) is 41.7 Å². The average Bonchev–Trinajstić information content (AvgIpc) is 2.98. The number of amides is 1. The normalized spacial score (nSPS) is 20.5. The maximum Gasteiger partial charge on any atom is 0.257 e. The van der Waals surface area contributed by atoms with E-state index in [0.717, 1.165) is 25.7 Å². The predicted octanol–water partition coefficient (Wildman–Crippen LogP) is 2.94. The van der Waals surface area contributed by atoms with Gasteiger partial charge in [0.05, 0.1) is 23.6 Å². The standard InChI is InChI=1S/C19H24FN3O2/c1-13-15(11-21-23(13)17-9-5-4-8-16(17)20)19(25)22(2)12-14-7-3-6-10-18(14)24/h4-5,8-9,11,14,18,24H,3,6-7,10,12H2,1-2H3. The molecule has 1 heterocycles. The largest absolute Gasteiger partial charge is 0.393 e. The van der Waals surface area contributed by atoms with Gasteiger partial charge in [0.15, 0.2) is 0 Å². The van der Waals surface area contributed by atoms with Gasteiger partial charge in [-0.05, 0) is 31.9 Å². The van der Waals surface area contributed by atoms with E-state index in [1.807, 2.05) is 0 Å². The average molecular weight is 345 g/mol. The van der Waals surface area contributed by atoms with Gasteiger partial charge in [-0.25, -0.2) is 9.07 Å². The van der Waals surface area contributed by atoms with Crippen molar-refractivity contribution in [1.29, 1.82) is 0 Å². The van der Waals surface area contributed by atoms with E-state index in [1.165, 1.54) is 16.9 Å². The number of halogens is 1. The zero-order valence-electron chi connectivity index (χ0n) is 14.7. The molecule has 3 rings (SSSR count). The molecule has 1 fully saturated rings. The number of aliphatic hydroxyl groups excluding tert-OH is 1. The van der Waals surface area contributed by atoms with Crippen molar-refractivity contribution in [1.82, 2.24) is 14.7 Å². The Kier molecular flexibility index (Phi) is 5.18. The predicted molar refractivity (Wildman–Crippen MR) is 93.2 cm³/mol. The number of carbonyl (C=O) groups is 1. The Hall–Kier alpha value is -2.21. The molecule has 1 aromatic heterocycles. The van der Waals surface area contributed by atoms with Crippen LogP contribution in [0.3, 0.4) is 0 Å². The highest BCUT2D eigenvalue weighted by Gasteiger charge is 2.27. The zero-order valence-corrected chi connectivity index (χ0v) is 14.7. The lowest BCUT2D eigenvalue weighted by atomic mass is 9.86. The quantitative estimate of drug-likeness (QED) is 0.927. The van der Waals surface area contributed by atoms with Gasteiger partial charge in [0.2, 0.25) is 0 Å². The maximum absolute atomic E-state index is 14.0. The van der Waals surface area contributed by atoms with Crippen LogP contribution in [0.4, 0.5) is 4.39 Å². The number of para-hydroxylation sites is 1. The lowest BCUT2D eigenvalue weighted by Gasteiger charge is -2.31. The van der Waals surface area contributed by atoms with Crippen LogP contribution in [0.2, 0.25) is 0 Å². The van der Waals surface area contributed by atoms with E-state index in [1.54, 1.807) is 37.1 Å². The fourth-order valence-corrected chi connectivity index (χ4v) is 3.53. The molecule has 1 aliphatic carbocycles. The maximum atomic E-state index is 14.0. The van der Waals surface area contributed by atoms with E-state index in [4.69, 9.17) is 0 Å². The van der Waals surface area contributed by atoms with Crippen molar-refractivity contribution >= 4 is 5.91 Å². The smallest absolute Gasteiger partial charge is 0.257 e. The molecule has 6 heteroatoms. The van der Waals surface area contributed by atoms with E-state index in [2.05, 4.69) is 5.10 Å². The highest BCUT2D eigenvalue weighted by molar-refractivity contribution is 5.95. The van der Waals surface area contributed by atoms with Crippen LogP contribution in [0.25, 0.3) is 5.69 Å². The third kappa shape index (κ3) is 3.58. The summed E-state index contributed by atoms with van der Waals surface area (Å²) in [4.78, 5) is 14.4. The lowest BCUT2D eigenvalue weighted by Crippen LogP contribution is -2.38. The number of benzene rings is 1. The van der Waals surface area contributed by atoms with Crippen molar-refractivity contribution in [3.63, 3.8) is 0 Å². The molecule has 1 saturated carbocycles. The van der Waals surface area contributed by atoms with Crippen molar-refractivity contribution in [3.8, 4) is 5.69 Å². The van der Waals surface area contributed by atoms with Gasteiger partial charge >= 0.3 is 0 Å². The second kappa shape index (κ2) is 7.35. The van der Waals surface area contributed by atoms with Crippen LogP contribution in [0, 0.1) is 18.7 Å². The van der Waals surface area contributed by atoms with Gasteiger partial charge in [-0.2, -0.15) is 5.10 Å². The highest BCUT2D eigenvalue weighted by atomic mass is 19.1. The molecule has 1 aromatic carbocycles. The molecule has 0 spiro atoms. The summed E-state index contributed by atoms with van der Waals surface area (Å²) >= 11 is 0. The first-order chi connectivity index (χ1) is 12.0. The molecular formula is C19H24FN3O2. The Morgan fingerprint density at radius 1 is 1.36 bits per heavy atom. The summed E-state index contributed by atoms with van der Waals surface area (Å²) in [5, 5.41) is 14.3. The van der Waals surface area contributed by atoms with Crippen LogP contribution in [-0.4, -0.2) is 45.4 Å². The molecule has 2 aromatic rings. The van der Waals surface area contributed by atoms with Crippen LogP contribution in [0.15, 0.2) is 30.5 Å². The number of nitrogens with zero attached hydrogens (tertiary/aromatic N) is 3. The molecule has 0 aliphatic heterocycles. The minimum Gasteiger partial charge on any atom is -0.393 e. The summed E-state index contributed by atoms with van der Waals surface area (Å²) < 4.78 is 15.4. The van der Waals surface area contributed by atoms with Crippen LogP contribution >= 0.6 is 0 Å². The Morgan fingerprint density at radius 3 is 2.80 bits per heavy atom. The van der Waals surface area contributed by atoms with Crippen molar-refractivity contribution in [2.24, 2.45) is 5.92 Å². The molecule has 0 saturated heterocycles. The highest BCUT2D eigenvalue weighted by Crippen LogP contribution is 2.25. The molecule has 25 heavy (non-hydrogen) atoms. The number of aromatic nitrogens is 2. The van der Waals surface area contributed by atoms with Gasteiger partial charge in [-0.15, -0.1) is 0 Å². The third-order valence-corrected chi connectivity index (χ3v) is 5.04. The van der Waals surface area contributed by atoms with E-state index >= 15 is 0 Å². The first kappa shape index (κ1) is 17.6. The summed E-state index contributed by atoms with van der Waals surface area (Å²) in [5.41, 5.74) is 1.38. The molecular weight excluding hydrogens is 321 g/mol. The van der Waals surface area contributed by atoms with Gasteiger partial charge in [0.1, 0.15) is 11.5 Å². The summed E-state index contributed by atoms with van der Waals surface area (Å²) in [6.07, 6.45) is 5.02. The lowest BCUT2D eigenvalue weighted by molar-refractivity contribution is 0.0451. The molecule has 2 atom stereocenters. The van der Waals surface area contributed by atoms with Crippen molar-refractivity contribution in [2.75, 3.05) is 13.6 Å². The van der Waals surface area contributed by atoms with Crippen molar-refractivity contribution < 1.29 is 14.3 Å². The summed E-state index contributed by atoms with van der Waals surface area (Å²) in [6.45, 7) is 2.28. The zero-order chi connectivity index (χ0) is 18.0. The molecule has 1 N–H and O–H groups in total. The second-order valence-corrected chi connectivity index (χ2v) is 6.80. The molecule has 5 nitrogen and oxygen atoms in total. The van der Waals surface area contributed by atoms with Gasteiger partial charge in [0.25, 0.3) is 5.91 Å². The molecule has 0 radical (unpaired) electrons. The number of rotatable bonds is 4. The Labute approximate surface area is 147 Å². The van der Waals surface area contributed by atoms with Crippen molar-refractivity contribution in [2.45, 2.75) is 38.7 Å². The molecule has 134 valence electrons. The van der Waals surface area contributed by atoms with Crippen LogP contribution in [-0.2, 0) is 0 Å². The molecule has 0 bridgehead atoms. The Balaban J connectivity index is 1.78. The number of aliphatic hydroxyl groups is 1. The first-order valence-corrected chi connectivity index (χ1v) is 8.72. The van der Waals surface area contributed by atoms with Gasteiger partial charge < -0.3 is 10.0 Å². The summed E-state index contributed by atoms with van der Waals surface area (Å²) in [5.74, 6) is -0.422. The molecule has 1 amide bonds. The van der Waals surface area contributed by atoms with Gasteiger partial charge in [0, 0.05) is 19.5 Å². The van der Waals surface area contributed by atoms with E-state index in [0.29, 0.717) is 23.5 Å². The van der Waals surface area contributed by atoms with Crippen LogP contribution in [0.5, 0.6) is 0 Å². The second-order valence-electron chi connectivity index (χ2n) is 6.80. The minimum atomic E-state index is -0.383. The summed E-state index contributed by atoms with van der Waals surface area (Å²) in [7, 11) is 1.74. The topological polar surface area (TPSA) is 58.4 Å². The van der Waals surface area contributed by atoms with Crippen molar-refractivity contribution in [3.05, 3.63) is 47.5 Å². The molecule has 2 unspecified atom stereocenters. The van der Waals surface area contributed by atoms with E-state index < -0.39 is 0 Å². The van der Waals surface area contributed by atoms with Gasteiger partial charge in [-0.1, -0.05) is 25.0 Å². The first-order valence-electron chi connectivity index (χ1n) is 8.72. The Bertz CT molecular complexity index is 759. The van der Waals surface area contributed by atoms with E-state index in [9.17, 15) is 14.3 Å². The third-order valence-electron chi connectivity index (χ3n) is 5.04. The SMILES string of the molecule is Cc1c(C(=O)N(C)CC2CCCCC2O)cnn1-c1ccccc1F. The molecule has 1 aliphatic rings. The fraction of sp³-hybridized carbons (Fsp3) is 0.474. The minimum absolute atomic E-state index is 0.115. The number of hydrogen-bond donors (Lipinski definition) is 1.